The molecule has 0 atom stereocenters. The molecule has 2 rings (SSSR count). The van der Waals surface area contributed by atoms with Crippen molar-refractivity contribution < 1.29 is 5.11 Å². The van der Waals surface area contributed by atoms with Crippen LogP contribution in [0.3, 0.4) is 0 Å². The zero-order valence-electron chi connectivity index (χ0n) is 10.2. The minimum Gasteiger partial charge on any atom is -0.493 e. The average Bonchev–Trinajstić information content (AvgIpc) is 2.37. The van der Waals surface area contributed by atoms with Gasteiger partial charge in [0.05, 0.1) is 0 Å². The van der Waals surface area contributed by atoms with Gasteiger partial charge in [-0.2, -0.15) is 4.98 Å². The Labute approximate surface area is 111 Å². The summed E-state index contributed by atoms with van der Waals surface area (Å²) in [6, 6.07) is 5.55. The lowest BCUT2D eigenvalue weighted by Gasteiger charge is -2.04. The van der Waals surface area contributed by atoms with Gasteiger partial charge in [-0.15, -0.1) is 0 Å². The molecule has 0 saturated heterocycles. The van der Waals surface area contributed by atoms with Gasteiger partial charge in [0, 0.05) is 29.9 Å². The minimum atomic E-state index is 0.0469. The summed E-state index contributed by atoms with van der Waals surface area (Å²) < 4.78 is 0. The molecule has 94 valence electrons. The second-order valence-corrected chi connectivity index (χ2v) is 4.84. The van der Waals surface area contributed by atoms with Crippen molar-refractivity contribution in [3.63, 3.8) is 0 Å². The summed E-state index contributed by atoms with van der Waals surface area (Å²) in [4.78, 5) is 12.4. The topological polar surface area (TPSA) is 58.9 Å². The van der Waals surface area contributed by atoms with Crippen LogP contribution in [0.5, 0.6) is 5.88 Å². The molecule has 0 aliphatic heterocycles. The molecule has 0 fully saturated rings. The number of aromatic nitrogens is 3. The van der Waals surface area contributed by atoms with E-state index >= 15 is 0 Å². The Kier molecular flexibility index (Phi) is 4.52. The normalized spacial score (nSPS) is 10.5. The lowest BCUT2D eigenvalue weighted by molar-refractivity contribution is 0.443. The molecule has 0 bridgehead atoms. The number of hydrogen-bond donors (Lipinski definition) is 1. The number of rotatable bonds is 5. The standard InChI is InChI=1S/C13H15N3OS/c1-2-3-11-8-12(17)16-13(15-11)18-9-10-4-6-14-7-5-10/h4-8H,2-3,9H2,1H3,(H,15,16,17). The van der Waals surface area contributed by atoms with Gasteiger partial charge >= 0.3 is 0 Å². The summed E-state index contributed by atoms with van der Waals surface area (Å²) in [6.45, 7) is 2.09. The summed E-state index contributed by atoms with van der Waals surface area (Å²) in [5.41, 5.74) is 2.06. The van der Waals surface area contributed by atoms with Gasteiger partial charge in [-0.1, -0.05) is 25.1 Å². The number of aryl methyl sites for hydroxylation is 1. The molecule has 1 N–H and O–H groups in total. The summed E-state index contributed by atoms with van der Waals surface area (Å²) in [7, 11) is 0. The maximum atomic E-state index is 9.54. The Balaban J connectivity index is 2.05. The predicted octanol–water partition coefficient (Wildman–Crippen LogP) is 2.82. The third-order valence-corrected chi connectivity index (χ3v) is 3.29. The zero-order valence-corrected chi connectivity index (χ0v) is 11.0. The van der Waals surface area contributed by atoms with Gasteiger partial charge in [-0.3, -0.25) is 4.98 Å². The maximum absolute atomic E-state index is 9.54. The van der Waals surface area contributed by atoms with Crippen molar-refractivity contribution >= 4 is 11.8 Å². The van der Waals surface area contributed by atoms with Crippen LogP contribution in [-0.4, -0.2) is 20.1 Å². The highest BCUT2D eigenvalue weighted by Gasteiger charge is 2.04. The van der Waals surface area contributed by atoms with E-state index in [4.69, 9.17) is 0 Å². The third kappa shape index (κ3) is 3.70. The van der Waals surface area contributed by atoms with Gasteiger partial charge in [0.1, 0.15) is 0 Å². The van der Waals surface area contributed by atoms with Gasteiger partial charge in [0.25, 0.3) is 0 Å². The van der Waals surface area contributed by atoms with Crippen molar-refractivity contribution in [3.8, 4) is 5.88 Å². The highest BCUT2D eigenvalue weighted by Crippen LogP contribution is 2.21. The van der Waals surface area contributed by atoms with Crippen molar-refractivity contribution in [2.45, 2.75) is 30.7 Å². The van der Waals surface area contributed by atoms with E-state index in [9.17, 15) is 5.11 Å². The molecule has 0 saturated carbocycles. The molecule has 0 aliphatic rings. The molecule has 0 unspecified atom stereocenters. The number of pyridine rings is 1. The monoisotopic (exact) mass is 261 g/mol. The first-order valence-corrected chi connectivity index (χ1v) is 6.85. The average molecular weight is 261 g/mol. The van der Waals surface area contributed by atoms with Crippen molar-refractivity contribution in [1.82, 2.24) is 15.0 Å². The van der Waals surface area contributed by atoms with Crippen molar-refractivity contribution in [2.24, 2.45) is 0 Å². The Hall–Kier alpha value is -1.62. The molecule has 0 radical (unpaired) electrons. The maximum Gasteiger partial charge on any atom is 0.215 e. The van der Waals surface area contributed by atoms with E-state index < -0.39 is 0 Å². The lowest BCUT2D eigenvalue weighted by Crippen LogP contribution is -1.94. The van der Waals surface area contributed by atoms with Crippen LogP contribution in [0.4, 0.5) is 0 Å². The molecule has 2 aromatic rings. The molecule has 2 heterocycles. The van der Waals surface area contributed by atoms with Crippen molar-refractivity contribution in [3.05, 3.63) is 41.9 Å². The van der Waals surface area contributed by atoms with Crippen LogP contribution in [0.1, 0.15) is 24.6 Å². The van der Waals surface area contributed by atoms with Crippen LogP contribution < -0.4 is 0 Å². The first-order valence-electron chi connectivity index (χ1n) is 5.86. The van der Waals surface area contributed by atoms with E-state index in [1.165, 1.54) is 17.3 Å². The van der Waals surface area contributed by atoms with Crippen LogP contribution >= 0.6 is 11.8 Å². The Bertz CT molecular complexity index is 505. The number of nitrogens with zero attached hydrogens (tertiary/aromatic N) is 3. The Morgan fingerprint density at radius 3 is 2.72 bits per heavy atom. The van der Waals surface area contributed by atoms with Crippen molar-refractivity contribution in [1.29, 1.82) is 0 Å². The van der Waals surface area contributed by atoms with Crippen molar-refractivity contribution in [2.75, 3.05) is 0 Å². The fourth-order valence-electron chi connectivity index (χ4n) is 1.54. The van der Waals surface area contributed by atoms with Crippen LogP contribution in [0, 0.1) is 0 Å². The first-order chi connectivity index (χ1) is 8.78. The lowest BCUT2D eigenvalue weighted by atomic mass is 10.2. The second-order valence-electron chi connectivity index (χ2n) is 3.89. The number of hydrogen-bond acceptors (Lipinski definition) is 5. The van der Waals surface area contributed by atoms with Gasteiger partial charge in [-0.05, 0) is 24.1 Å². The highest BCUT2D eigenvalue weighted by atomic mass is 32.2. The molecule has 0 spiro atoms. The molecule has 0 aliphatic carbocycles. The van der Waals surface area contributed by atoms with E-state index in [1.807, 2.05) is 12.1 Å². The van der Waals surface area contributed by atoms with E-state index in [0.717, 1.165) is 24.3 Å². The molecule has 5 heteroatoms. The Morgan fingerprint density at radius 1 is 1.22 bits per heavy atom. The summed E-state index contributed by atoms with van der Waals surface area (Å²) in [5, 5.41) is 10.2. The first kappa shape index (κ1) is 12.8. The highest BCUT2D eigenvalue weighted by molar-refractivity contribution is 7.98. The van der Waals surface area contributed by atoms with Gasteiger partial charge in [0.15, 0.2) is 5.16 Å². The molecular weight excluding hydrogens is 246 g/mol. The van der Waals surface area contributed by atoms with E-state index in [-0.39, 0.29) is 5.88 Å². The molecule has 0 amide bonds. The largest absolute Gasteiger partial charge is 0.493 e. The van der Waals surface area contributed by atoms with Crippen LogP contribution in [-0.2, 0) is 12.2 Å². The summed E-state index contributed by atoms with van der Waals surface area (Å²) in [6.07, 6.45) is 5.40. The summed E-state index contributed by atoms with van der Waals surface area (Å²) in [5.74, 6) is 0.822. The van der Waals surface area contributed by atoms with Gasteiger partial charge < -0.3 is 5.11 Å². The third-order valence-electron chi connectivity index (χ3n) is 2.37. The predicted molar refractivity (Wildman–Crippen MR) is 71.5 cm³/mol. The molecule has 2 aromatic heterocycles. The second kappa shape index (κ2) is 6.35. The van der Waals surface area contributed by atoms with E-state index in [1.54, 1.807) is 18.5 Å². The quantitative estimate of drug-likeness (QED) is 0.662. The van der Waals surface area contributed by atoms with Gasteiger partial charge in [0.2, 0.25) is 5.88 Å². The zero-order chi connectivity index (χ0) is 12.8. The SMILES string of the molecule is CCCc1cc(O)nc(SCc2ccncc2)n1. The number of aromatic hydroxyl groups is 1. The summed E-state index contributed by atoms with van der Waals surface area (Å²) >= 11 is 1.52. The molecular formula is C13H15N3OS. The fraction of sp³-hybridized carbons (Fsp3) is 0.308. The molecule has 18 heavy (non-hydrogen) atoms. The van der Waals surface area contributed by atoms with Crippen LogP contribution in [0.2, 0.25) is 0 Å². The van der Waals surface area contributed by atoms with Crippen LogP contribution in [0.15, 0.2) is 35.7 Å². The smallest absolute Gasteiger partial charge is 0.215 e. The van der Waals surface area contributed by atoms with Gasteiger partial charge in [-0.25, -0.2) is 4.98 Å². The fourth-order valence-corrected chi connectivity index (χ4v) is 2.36. The Morgan fingerprint density at radius 2 is 2.00 bits per heavy atom. The molecule has 4 nitrogen and oxygen atoms in total. The van der Waals surface area contributed by atoms with E-state index in [0.29, 0.717) is 5.16 Å². The van der Waals surface area contributed by atoms with E-state index in [2.05, 4.69) is 21.9 Å². The number of thioether (sulfide) groups is 1. The minimum absolute atomic E-state index is 0.0469. The molecule has 0 aromatic carbocycles. The van der Waals surface area contributed by atoms with Crippen LogP contribution in [0.25, 0.3) is 0 Å².